The zero-order valence-corrected chi connectivity index (χ0v) is 17.0. The molecular weight excluding hydrogens is 336 g/mol. The van der Waals surface area contributed by atoms with Gasteiger partial charge in [0.15, 0.2) is 0 Å². The van der Waals surface area contributed by atoms with E-state index >= 15 is 0 Å². The lowest BCUT2D eigenvalue weighted by Crippen LogP contribution is -2.41. The second-order valence-corrected chi connectivity index (χ2v) is 8.49. The van der Waals surface area contributed by atoms with E-state index in [4.69, 9.17) is 0 Å². The summed E-state index contributed by atoms with van der Waals surface area (Å²) in [6.45, 7) is 5.97. The number of carbonyl (C=O) groups is 1. The lowest BCUT2D eigenvalue weighted by atomic mass is 9.62. The van der Waals surface area contributed by atoms with Crippen LogP contribution >= 0.6 is 0 Å². The van der Waals surface area contributed by atoms with E-state index in [-0.39, 0.29) is 35.6 Å². The van der Waals surface area contributed by atoms with Gasteiger partial charge in [0.05, 0.1) is 12.2 Å². The van der Waals surface area contributed by atoms with Crippen LogP contribution in [0.4, 0.5) is 0 Å². The number of hydrogen-bond donors (Lipinski definition) is 2. The molecule has 2 N–H and O–H groups in total. The molecule has 0 aromatic rings. The van der Waals surface area contributed by atoms with Crippen molar-refractivity contribution in [1.82, 2.24) is 0 Å². The Hall–Kier alpha value is -1.19. The highest BCUT2D eigenvalue weighted by molar-refractivity contribution is 5.84. The smallest absolute Gasteiger partial charge is 0.139 e. The predicted molar refractivity (Wildman–Crippen MR) is 111 cm³/mol. The number of carbonyl (C=O) groups excluding carboxylic acids is 1. The van der Waals surface area contributed by atoms with Crippen LogP contribution in [0.25, 0.3) is 0 Å². The number of rotatable bonds is 12. The molecule has 4 atom stereocenters. The third-order valence-electron chi connectivity index (χ3n) is 6.63. The molecule has 3 heteroatoms. The summed E-state index contributed by atoms with van der Waals surface area (Å²) in [6, 6.07) is 0. The van der Waals surface area contributed by atoms with E-state index in [1.807, 2.05) is 18.2 Å². The second kappa shape index (κ2) is 11.0. The standard InChI is InChI=1S/C24H38O3/c1-3-5-7-8-9-12-19-20(22(26)18-21(19)25)13-10-14-23(27)24(15-6-4-2)16-11-17-24/h4,8-10,13,19-20,22-23,26-27H,2-3,5-7,11-12,14-18H2,1H3/b9-8-,13-10+/t19-,20-,22-,23?/m1/s1. The molecule has 2 aliphatic rings. The zero-order valence-electron chi connectivity index (χ0n) is 17.0. The Morgan fingerprint density at radius 3 is 2.67 bits per heavy atom. The third kappa shape index (κ3) is 5.89. The number of aliphatic hydroxyl groups is 2. The molecule has 0 bridgehead atoms. The Labute approximate surface area is 165 Å². The highest BCUT2D eigenvalue weighted by Gasteiger charge is 2.42. The number of hydrogen-bond acceptors (Lipinski definition) is 3. The molecule has 2 rings (SSSR count). The summed E-state index contributed by atoms with van der Waals surface area (Å²) in [5, 5.41) is 21.0. The van der Waals surface area contributed by atoms with Gasteiger partial charge < -0.3 is 10.2 Å². The number of ketones is 1. The Morgan fingerprint density at radius 1 is 1.26 bits per heavy atom. The predicted octanol–water partition coefficient (Wildman–Crippen LogP) is 5.13. The van der Waals surface area contributed by atoms with Crippen molar-refractivity contribution in [3.05, 3.63) is 37.0 Å². The van der Waals surface area contributed by atoms with Crippen molar-refractivity contribution < 1.29 is 15.0 Å². The highest BCUT2D eigenvalue weighted by atomic mass is 16.3. The average molecular weight is 375 g/mol. The van der Waals surface area contributed by atoms with Gasteiger partial charge in [-0.2, -0.15) is 0 Å². The van der Waals surface area contributed by atoms with E-state index < -0.39 is 6.10 Å². The number of allylic oxidation sites excluding steroid dienone is 3. The van der Waals surface area contributed by atoms with Crippen LogP contribution in [-0.4, -0.2) is 28.2 Å². The van der Waals surface area contributed by atoms with Gasteiger partial charge in [-0.05, 0) is 50.4 Å². The lowest BCUT2D eigenvalue weighted by molar-refractivity contribution is -0.121. The molecule has 0 saturated heterocycles. The SMILES string of the molecule is C=CCCC1(C(O)C/C=C/[C@H]2[C@H](O)CC(=O)[C@@H]2C/C=C\CCCC)CCC1. The van der Waals surface area contributed by atoms with Gasteiger partial charge in [-0.15, -0.1) is 6.58 Å². The molecule has 2 saturated carbocycles. The number of Topliss-reactive ketones (excluding diaryl/α,β-unsaturated/α-hetero) is 1. The zero-order chi connectivity index (χ0) is 19.7. The summed E-state index contributed by atoms with van der Waals surface area (Å²) in [6.07, 6.45) is 19.5. The fourth-order valence-electron chi connectivity index (χ4n) is 4.59. The summed E-state index contributed by atoms with van der Waals surface area (Å²) < 4.78 is 0. The molecule has 0 aromatic heterocycles. The van der Waals surface area contributed by atoms with Crippen LogP contribution in [0, 0.1) is 17.3 Å². The van der Waals surface area contributed by atoms with Crippen molar-refractivity contribution in [2.24, 2.45) is 17.3 Å². The molecular formula is C24H38O3. The van der Waals surface area contributed by atoms with Gasteiger partial charge in [0.25, 0.3) is 0 Å². The first kappa shape index (κ1) is 22.1. The van der Waals surface area contributed by atoms with Crippen molar-refractivity contribution >= 4 is 5.78 Å². The van der Waals surface area contributed by atoms with Gasteiger partial charge in [-0.1, -0.05) is 56.6 Å². The maximum absolute atomic E-state index is 12.3. The average Bonchev–Trinajstić information content (AvgIpc) is 2.87. The maximum atomic E-state index is 12.3. The maximum Gasteiger partial charge on any atom is 0.139 e. The van der Waals surface area contributed by atoms with Crippen LogP contribution in [0.2, 0.25) is 0 Å². The van der Waals surface area contributed by atoms with Crippen LogP contribution in [0.1, 0.15) is 77.6 Å². The quantitative estimate of drug-likeness (QED) is 0.368. The van der Waals surface area contributed by atoms with Gasteiger partial charge in [-0.3, -0.25) is 4.79 Å². The van der Waals surface area contributed by atoms with Crippen molar-refractivity contribution in [2.45, 2.75) is 89.8 Å². The summed E-state index contributed by atoms with van der Waals surface area (Å²) >= 11 is 0. The number of aliphatic hydroxyl groups excluding tert-OH is 2. The molecule has 0 aliphatic heterocycles. The molecule has 0 aromatic carbocycles. The van der Waals surface area contributed by atoms with E-state index in [2.05, 4.69) is 25.7 Å². The monoisotopic (exact) mass is 374 g/mol. The van der Waals surface area contributed by atoms with Crippen molar-refractivity contribution in [3.8, 4) is 0 Å². The Bertz CT molecular complexity index is 530. The largest absolute Gasteiger partial charge is 0.392 e. The fraction of sp³-hybridized carbons (Fsp3) is 0.708. The Morgan fingerprint density at radius 2 is 2.04 bits per heavy atom. The first-order chi connectivity index (χ1) is 13.0. The topological polar surface area (TPSA) is 57.5 Å². The number of unbranched alkanes of at least 4 members (excludes halogenated alkanes) is 2. The summed E-state index contributed by atoms with van der Waals surface area (Å²) in [5.74, 6) is -0.0741. The van der Waals surface area contributed by atoms with E-state index in [0.29, 0.717) is 12.8 Å². The highest BCUT2D eigenvalue weighted by Crippen LogP contribution is 2.48. The molecule has 0 amide bonds. The molecule has 0 heterocycles. The fourth-order valence-corrected chi connectivity index (χ4v) is 4.59. The molecule has 152 valence electrons. The molecule has 0 radical (unpaired) electrons. The third-order valence-corrected chi connectivity index (χ3v) is 6.63. The van der Waals surface area contributed by atoms with E-state index in [9.17, 15) is 15.0 Å². The van der Waals surface area contributed by atoms with Crippen LogP contribution < -0.4 is 0 Å². The van der Waals surface area contributed by atoms with Crippen LogP contribution in [0.3, 0.4) is 0 Å². The summed E-state index contributed by atoms with van der Waals surface area (Å²) in [5.41, 5.74) is 0.0457. The van der Waals surface area contributed by atoms with Gasteiger partial charge >= 0.3 is 0 Å². The van der Waals surface area contributed by atoms with Crippen LogP contribution in [0.5, 0.6) is 0 Å². The Balaban J connectivity index is 1.89. The summed E-state index contributed by atoms with van der Waals surface area (Å²) in [4.78, 5) is 12.3. The van der Waals surface area contributed by atoms with Gasteiger partial charge in [0.1, 0.15) is 5.78 Å². The van der Waals surface area contributed by atoms with E-state index in [0.717, 1.165) is 32.1 Å². The molecule has 1 unspecified atom stereocenters. The van der Waals surface area contributed by atoms with Crippen molar-refractivity contribution in [3.63, 3.8) is 0 Å². The van der Waals surface area contributed by atoms with Gasteiger partial charge in [0, 0.05) is 18.3 Å². The van der Waals surface area contributed by atoms with E-state index in [1.54, 1.807) is 0 Å². The van der Waals surface area contributed by atoms with Crippen molar-refractivity contribution in [2.75, 3.05) is 0 Å². The Kier molecular flexibility index (Phi) is 8.98. The van der Waals surface area contributed by atoms with Crippen LogP contribution in [0.15, 0.2) is 37.0 Å². The normalized spacial score (nSPS) is 28.7. The van der Waals surface area contributed by atoms with Gasteiger partial charge in [-0.25, -0.2) is 0 Å². The second-order valence-electron chi connectivity index (χ2n) is 8.49. The first-order valence-electron chi connectivity index (χ1n) is 10.9. The molecule has 0 spiro atoms. The minimum Gasteiger partial charge on any atom is -0.392 e. The van der Waals surface area contributed by atoms with Crippen LogP contribution in [-0.2, 0) is 4.79 Å². The minimum absolute atomic E-state index is 0.0457. The first-order valence-corrected chi connectivity index (χ1v) is 10.9. The van der Waals surface area contributed by atoms with E-state index in [1.165, 1.54) is 19.3 Å². The van der Waals surface area contributed by atoms with Crippen molar-refractivity contribution in [1.29, 1.82) is 0 Å². The van der Waals surface area contributed by atoms with Gasteiger partial charge in [0.2, 0.25) is 0 Å². The minimum atomic E-state index is -0.585. The lowest BCUT2D eigenvalue weighted by Gasteiger charge is -2.45. The summed E-state index contributed by atoms with van der Waals surface area (Å²) in [7, 11) is 0. The molecule has 2 fully saturated rings. The molecule has 2 aliphatic carbocycles. The molecule has 3 nitrogen and oxygen atoms in total. The molecule has 27 heavy (non-hydrogen) atoms.